The van der Waals surface area contributed by atoms with Crippen LogP contribution in [-0.4, -0.2) is 0 Å². The van der Waals surface area contributed by atoms with Crippen LogP contribution in [0.25, 0.3) is 27.1 Å². The van der Waals surface area contributed by atoms with E-state index >= 15 is 0 Å². The highest BCUT2D eigenvalue weighted by Gasteiger charge is 2.51. The third-order valence-electron chi connectivity index (χ3n) is 10.3. The molecule has 0 atom stereocenters. The summed E-state index contributed by atoms with van der Waals surface area (Å²) in [6.45, 7) is 0. The predicted molar refractivity (Wildman–Crippen MR) is 194 cm³/mol. The Hall–Kier alpha value is -5.86. The number of para-hydroxylation sites is 2. The van der Waals surface area contributed by atoms with Gasteiger partial charge < -0.3 is 9.64 Å². The van der Waals surface area contributed by atoms with Crippen molar-refractivity contribution < 1.29 is 4.74 Å². The van der Waals surface area contributed by atoms with Crippen LogP contribution in [0.3, 0.4) is 0 Å². The standard InChI is InChI=1S/C45H31NO/c1-2-12-30(13-3-1)31-22-24-36(25-23-31)46-41-20-10-8-18-37(41)45(38-19-9-11-21-42(38)46)39-26-32-14-4-6-16-34(32)28-43(39)47-44-29-35-17-7-5-15-33(35)27-40(44)45/h1-2,4-12,14-29H,3,13H2. The van der Waals surface area contributed by atoms with Gasteiger partial charge in [-0.2, -0.15) is 0 Å². The van der Waals surface area contributed by atoms with Crippen molar-refractivity contribution in [2.45, 2.75) is 18.3 Å². The van der Waals surface area contributed by atoms with Crippen LogP contribution in [0.2, 0.25) is 0 Å². The Kier molecular flexibility index (Phi) is 5.65. The lowest BCUT2D eigenvalue weighted by atomic mass is 9.60. The molecule has 47 heavy (non-hydrogen) atoms. The summed E-state index contributed by atoms with van der Waals surface area (Å²) in [5, 5.41) is 4.76. The van der Waals surface area contributed by atoms with Crippen molar-refractivity contribution in [3.8, 4) is 11.5 Å². The summed E-state index contributed by atoms with van der Waals surface area (Å²) < 4.78 is 6.91. The summed E-state index contributed by atoms with van der Waals surface area (Å²) in [5.74, 6) is 1.81. The van der Waals surface area contributed by atoms with Crippen LogP contribution in [0.5, 0.6) is 11.5 Å². The van der Waals surface area contributed by atoms with Gasteiger partial charge in [-0.25, -0.2) is 0 Å². The van der Waals surface area contributed by atoms with Crippen LogP contribution in [0.4, 0.5) is 17.1 Å². The molecule has 0 saturated carbocycles. The van der Waals surface area contributed by atoms with Gasteiger partial charge in [-0.3, -0.25) is 0 Å². The minimum Gasteiger partial charge on any atom is -0.457 e. The van der Waals surface area contributed by atoms with Crippen LogP contribution < -0.4 is 9.64 Å². The van der Waals surface area contributed by atoms with Gasteiger partial charge in [-0.15, -0.1) is 0 Å². The van der Waals surface area contributed by atoms with Gasteiger partial charge in [0.05, 0.1) is 16.8 Å². The number of benzene rings is 7. The van der Waals surface area contributed by atoms with Crippen LogP contribution in [-0.2, 0) is 5.41 Å². The molecule has 1 aliphatic carbocycles. The summed E-state index contributed by atoms with van der Waals surface area (Å²) >= 11 is 0. The third kappa shape index (κ3) is 3.79. The summed E-state index contributed by atoms with van der Waals surface area (Å²) in [4.78, 5) is 2.45. The van der Waals surface area contributed by atoms with Gasteiger partial charge in [0.25, 0.3) is 0 Å². The van der Waals surface area contributed by atoms with Crippen molar-refractivity contribution in [2.24, 2.45) is 0 Å². The second-order valence-corrected chi connectivity index (χ2v) is 12.8. The fraction of sp³-hybridized carbons (Fsp3) is 0.0667. The molecule has 0 aromatic heterocycles. The molecule has 2 nitrogen and oxygen atoms in total. The molecule has 0 radical (unpaired) electrons. The zero-order valence-electron chi connectivity index (χ0n) is 25.9. The lowest BCUT2D eigenvalue weighted by molar-refractivity contribution is 0.436. The van der Waals surface area contributed by atoms with Crippen molar-refractivity contribution in [3.05, 3.63) is 192 Å². The highest BCUT2D eigenvalue weighted by molar-refractivity contribution is 5.96. The van der Waals surface area contributed by atoms with E-state index in [4.69, 9.17) is 4.74 Å². The monoisotopic (exact) mass is 601 g/mol. The van der Waals surface area contributed by atoms with E-state index in [-0.39, 0.29) is 0 Å². The fourth-order valence-electron chi connectivity index (χ4n) is 8.23. The van der Waals surface area contributed by atoms with E-state index in [2.05, 4.69) is 169 Å². The molecule has 2 heteroatoms. The highest BCUT2D eigenvalue weighted by Crippen LogP contribution is 2.63. The van der Waals surface area contributed by atoms with E-state index in [1.165, 1.54) is 66.3 Å². The second kappa shape index (κ2) is 10.1. The molecule has 3 aliphatic rings. The Bertz CT molecular complexity index is 2310. The van der Waals surface area contributed by atoms with Crippen molar-refractivity contribution >= 4 is 44.2 Å². The Labute approximate surface area is 274 Å². The summed E-state index contributed by atoms with van der Waals surface area (Å²) in [6, 6.07) is 53.5. The normalized spacial score (nSPS) is 15.4. The highest BCUT2D eigenvalue weighted by atomic mass is 16.5. The molecule has 0 bridgehead atoms. The second-order valence-electron chi connectivity index (χ2n) is 12.8. The minimum atomic E-state index is -0.597. The van der Waals surface area contributed by atoms with Gasteiger partial charge in [-0.1, -0.05) is 115 Å². The molecule has 0 N–H and O–H groups in total. The molecule has 0 unspecified atom stereocenters. The number of hydrogen-bond donors (Lipinski definition) is 0. The maximum Gasteiger partial charge on any atom is 0.132 e. The minimum absolute atomic E-state index is 0.597. The lowest BCUT2D eigenvalue weighted by Crippen LogP contribution is -2.39. The van der Waals surface area contributed by atoms with E-state index in [1.54, 1.807) is 0 Å². The SMILES string of the molecule is C1=CCCC(c2ccc(N3c4ccccc4C4(c5cc6ccccc6cc5Oc5cc6ccccc6cc54)c4ccccc43)cc2)=C1. The molecular formula is C45H31NO. The van der Waals surface area contributed by atoms with E-state index in [0.29, 0.717) is 0 Å². The van der Waals surface area contributed by atoms with E-state index in [0.717, 1.165) is 30.0 Å². The summed E-state index contributed by atoms with van der Waals surface area (Å²) in [5.41, 5.74) is 10.4. The number of fused-ring (bicyclic) bond motifs is 10. The molecule has 0 amide bonds. The molecule has 7 aromatic carbocycles. The van der Waals surface area contributed by atoms with Gasteiger partial charge >= 0.3 is 0 Å². The molecule has 222 valence electrons. The van der Waals surface area contributed by atoms with Crippen molar-refractivity contribution in [1.29, 1.82) is 0 Å². The number of rotatable bonds is 2. The van der Waals surface area contributed by atoms with Crippen molar-refractivity contribution in [1.82, 2.24) is 0 Å². The van der Waals surface area contributed by atoms with Gasteiger partial charge in [0.15, 0.2) is 0 Å². The zero-order chi connectivity index (χ0) is 31.0. The molecule has 10 rings (SSSR count). The lowest BCUT2D eigenvalue weighted by Gasteiger charge is -2.48. The third-order valence-corrected chi connectivity index (χ3v) is 10.3. The molecule has 1 spiro atoms. The first-order chi connectivity index (χ1) is 23.3. The summed E-state index contributed by atoms with van der Waals surface area (Å²) in [6.07, 6.45) is 8.85. The van der Waals surface area contributed by atoms with Crippen LogP contribution in [0, 0.1) is 0 Å². The van der Waals surface area contributed by atoms with Crippen LogP contribution in [0.1, 0.15) is 40.7 Å². The molecule has 2 heterocycles. The van der Waals surface area contributed by atoms with Gasteiger partial charge in [0.2, 0.25) is 0 Å². The number of allylic oxidation sites excluding steroid dienone is 4. The van der Waals surface area contributed by atoms with E-state index in [1.807, 2.05) is 0 Å². The average Bonchev–Trinajstić information content (AvgIpc) is 3.14. The number of ether oxygens (including phenoxy) is 1. The van der Waals surface area contributed by atoms with Gasteiger partial charge in [0.1, 0.15) is 11.5 Å². The molecule has 0 fully saturated rings. The quantitative estimate of drug-likeness (QED) is 0.195. The van der Waals surface area contributed by atoms with E-state index in [9.17, 15) is 0 Å². The Morgan fingerprint density at radius 1 is 0.511 bits per heavy atom. The van der Waals surface area contributed by atoms with Crippen LogP contribution in [0.15, 0.2) is 164 Å². The predicted octanol–water partition coefficient (Wildman–Crippen LogP) is 12.0. The molecule has 7 aromatic rings. The number of anilines is 3. The van der Waals surface area contributed by atoms with E-state index < -0.39 is 5.41 Å². The molecule has 0 saturated heterocycles. The Morgan fingerprint density at radius 2 is 1.02 bits per heavy atom. The topological polar surface area (TPSA) is 12.5 Å². The van der Waals surface area contributed by atoms with Gasteiger partial charge in [0, 0.05) is 16.8 Å². The molecular weight excluding hydrogens is 571 g/mol. The fourth-order valence-corrected chi connectivity index (χ4v) is 8.23. The largest absolute Gasteiger partial charge is 0.457 e. The zero-order valence-corrected chi connectivity index (χ0v) is 25.9. The Balaban J connectivity index is 1.29. The molecule has 2 aliphatic heterocycles. The first-order valence-corrected chi connectivity index (χ1v) is 16.5. The first-order valence-electron chi connectivity index (χ1n) is 16.5. The number of hydrogen-bond acceptors (Lipinski definition) is 2. The average molecular weight is 602 g/mol. The van der Waals surface area contributed by atoms with Crippen molar-refractivity contribution in [2.75, 3.05) is 4.90 Å². The Morgan fingerprint density at radius 3 is 1.55 bits per heavy atom. The maximum absolute atomic E-state index is 6.91. The van der Waals surface area contributed by atoms with Crippen LogP contribution >= 0.6 is 0 Å². The smallest absolute Gasteiger partial charge is 0.132 e. The van der Waals surface area contributed by atoms with Gasteiger partial charge in [-0.05, 0) is 105 Å². The maximum atomic E-state index is 6.91. The number of nitrogens with zero attached hydrogens (tertiary/aromatic N) is 1. The summed E-state index contributed by atoms with van der Waals surface area (Å²) in [7, 11) is 0. The first kappa shape index (κ1) is 26.4. The van der Waals surface area contributed by atoms with Crippen molar-refractivity contribution in [3.63, 3.8) is 0 Å².